The summed E-state index contributed by atoms with van der Waals surface area (Å²) in [5.74, 6) is -0.457. The lowest BCUT2D eigenvalue weighted by Gasteiger charge is -2.34. The minimum absolute atomic E-state index is 0.0686. The number of amides is 1. The summed E-state index contributed by atoms with van der Waals surface area (Å²) in [4.78, 5) is 17.9. The number of nitrogens with zero attached hydrogens (tertiary/aromatic N) is 2. The number of fused-ring (bicyclic) bond motifs is 1. The predicted molar refractivity (Wildman–Crippen MR) is 135 cm³/mol. The van der Waals surface area contributed by atoms with Gasteiger partial charge in [-0.05, 0) is 56.4 Å². The lowest BCUT2D eigenvalue weighted by atomic mass is 9.94. The van der Waals surface area contributed by atoms with Crippen LogP contribution in [-0.2, 0) is 0 Å². The Kier molecular flexibility index (Phi) is 6.99. The zero-order valence-corrected chi connectivity index (χ0v) is 20.6. The molecule has 2 aliphatic heterocycles. The average molecular weight is 495 g/mol. The summed E-state index contributed by atoms with van der Waals surface area (Å²) in [6, 6.07) is 14.7. The zero-order chi connectivity index (χ0) is 25.1. The molecule has 2 fully saturated rings. The van der Waals surface area contributed by atoms with Crippen molar-refractivity contribution in [1.82, 2.24) is 9.80 Å². The van der Waals surface area contributed by atoms with Crippen molar-refractivity contribution in [3.63, 3.8) is 0 Å². The largest absolute Gasteiger partial charge is 0.586 e. The van der Waals surface area contributed by atoms with E-state index in [4.69, 9.17) is 0 Å². The SMILES string of the molecule is C/C(=C\c1ccccc1)CN(/C=C1\CCCN1C1CCCCC1)C(=O)c1ccc2c(c1)OC(F)(F)O2. The van der Waals surface area contributed by atoms with Gasteiger partial charge in [-0.3, -0.25) is 4.79 Å². The summed E-state index contributed by atoms with van der Waals surface area (Å²) < 4.78 is 36.2. The van der Waals surface area contributed by atoms with Gasteiger partial charge in [0.25, 0.3) is 5.91 Å². The van der Waals surface area contributed by atoms with Crippen LogP contribution in [0.1, 0.15) is 67.8 Å². The second kappa shape index (κ2) is 10.3. The number of likely N-dealkylation sites (tertiary alicyclic amines) is 1. The maximum absolute atomic E-state index is 13.7. The second-order valence-corrected chi connectivity index (χ2v) is 9.87. The van der Waals surface area contributed by atoms with Crippen molar-refractivity contribution in [2.45, 2.75) is 64.2 Å². The molecule has 1 aliphatic carbocycles. The third-order valence-electron chi connectivity index (χ3n) is 7.06. The van der Waals surface area contributed by atoms with E-state index in [2.05, 4.69) is 20.4 Å². The molecule has 2 heterocycles. The number of ether oxygens (including phenoxy) is 2. The average Bonchev–Trinajstić information content (AvgIpc) is 3.46. The van der Waals surface area contributed by atoms with Gasteiger partial charge in [-0.15, -0.1) is 8.78 Å². The molecule has 1 saturated carbocycles. The number of hydrogen-bond donors (Lipinski definition) is 0. The van der Waals surface area contributed by atoms with Crippen LogP contribution in [0.5, 0.6) is 11.5 Å². The maximum atomic E-state index is 13.7. The molecule has 3 aliphatic rings. The molecule has 0 spiro atoms. The fourth-order valence-electron chi connectivity index (χ4n) is 5.42. The van der Waals surface area contributed by atoms with Crippen LogP contribution in [0.4, 0.5) is 8.78 Å². The highest BCUT2D eigenvalue weighted by Crippen LogP contribution is 2.41. The molecule has 0 radical (unpaired) electrons. The maximum Gasteiger partial charge on any atom is 0.586 e. The molecule has 5 nitrogen and oxygen atoms in total. The molecular formula is C29H32F2N2O3. The van der Waals surface area contributed by atoms with Crippen LogP contribution >= 0.6 is 0 Å². The summed E-state index contributed by atoms with van der Waals surface area (Å²) >= 11 is 0. The van der Waals surface area contributed by atoms with Crippen molar-refractivity contribution in [2.24, 2.45) is 0 Å². The van der Waals surface area contributed by atoms with Gasteiger partial charge in [-0.1, -0.05) is 61.2 Å². The highest BCUT2D eigenvalue weighted by Gasteiger charge is 2.43. The molecule has 7 heteroatoms. The minimum atomic E-state index is -3.72. The molecule has 2 aromatic rings. The third-order valence-corrected chi connectivity index (χ3v) is 7.06. The Labute approximate surface area is 211 Å². The van der Waals surface area contributed by atoms with Crippen LogP contribution < -0.4 is 9.47 Å². The standard InChI is InChI=1S/C29H32F2N2O3/c1-21(17-22-9-4-2-5-10-22)19-32(20-25-13-8-16-33(25)24-11-6-3-7-12-24)28(34)23-14-15-26-27(18-23)36-29(30,31)35-26/h2,4-5,9-10,14-15,17-18,20,24H,3,6-8,11-13,16,19H2,1H3/b21-17+,25-20+. The summed E-state index contributed by atoms with van der Waals surface area (Å²) in [5, 5.41) is 0. The number of rotatable bonds is 6. The molecular weight excluding hydrogens is 462 g/mol. The van der Waals surface area contributed by atoms with Crippen LogP contribution in [0.15, 0.2) is 66.0 Å². The van der Waals surface area contributed by atoms with Gasteiger partial charge in [0.15, 0.2) is 11.5 Å². The number of hydrogen-bond acceptors (Lipinski definition) is 4. The summed E-state index contributed by atoms with van der Waals surface area (Å²) in [6.45, 7) is 3.40. The van der Waals surface area contributed by atoms with Crippen LogP contribution in [0.25, 0.3) is 6.08 Å². The van der Waals surface area contributed by atoms with Crippen molar-refractivity contribution in [3.05, 3.63) is 77.1 Å². The molecule has 2 aromatic carbocycles. The zero-order valence-electron chi connectivity index (χ0n) is 20.6. The number of carbonyl (C=O) groups excluding carboxylic acids is 1. The second-order valence-electron chi connectivity index (χ2n) is 9.87. The van der Waals surface area contributed by atoms with Crippen molar-refractivity contribution in [1.29, 1.82) is 0 Å². The first-order valence-electron chi connectivity index (χ1n) is 12.8. The van der Waals surface area contributed by atoms with Crippen LogP contribution in [0.3, 0.4) is 0 Å². The van der Waals surface area contributed by atoms with E-state index >= 15 is 0 Å². The van der Waals surface area contributed by atoms with E-state index in [0.29, 0.717) is 12.6 Å². The fraction of sp³-hybridized carbons (Fsp3) is 0.414. The Hall–Kier alpha value is -3.35. The molecule has 5 rings (SSSR count). The molecule has 0 atom stereocenters. The van der Waals surface area contributed by atoms with Crippen LogP contribution in [0, 0.1) is 0 Å². The van der Waals surface area contributed by atoms with Crippen LogP contribution in [-0.4, -0.2) is 41.1 Å². The van der Waals surface area contributed by atoms with Gasteiger partial charge in [-0.25, -0.2) is 0 Å². The first-order valence-corrected chi connectivity index (χ1v) is 12.8. The van der Waals surface area contributed by atoms with E-state index in [1.54, 1.807) is 4.90 Å². The normalized spacial score (nSPS) is 20.7. The van der Waals surface area contributed by atoms with E-state index in [1.165, 1.54) is 56.0 Å². The van der Waals surface area contributed by atoms with Crippen molar-refractivity contribution in [3.8, 4) is 11.5 Å². The minimum Gasteiger partial charge on any atom is -0.395 e. The Morgan fingerprint density at radius 1 is 1.06 bits per heavy atom. The topological polar surface area (TPSA) is 42.0 Å². The Bertz CT molecular complexity index is 1160. The number of allylic oxidation sites excluding steroid dienone is 1. The smallest absolute Gasteiger partial charge is 0.395 e. The Morgan fingerprint density at radius 2 is 1.81 bits per heavy atom. The predicted octanol–water partition coefficient (Wildman–Crippen LogP) is 6.82. The number of carbonyl (C=O) groups is 1. The van der Waals surface area contributed by atoms with Crippen molar-refractivity contribution >= 4 is 12.0 Å². The van der Waals surface area contributed by atoms with Gasteiger partial charge in [0.05, 0.1) is 0 Å². The fourth-order valence-corrected chi connectivity index (χ4v) is 5.42. The lowest BCUT2D eigenvalue weighted by molar-refractivity contribution is -0.286. The summed E-state index contributed by atoms with van der Waals surface area (Å²) in [6.07, 6.45) is 8.49. The molecule has 0 N–H and O–H groups in total. The lowest BCUT2D eigenvalue weighted by Crippen LogP contribution is -2.35. The first-order chi connectivity index (χ1) is 17.4. The van der Waals surface area contributed by atoms with Gasteiger partial charge >= 0.3 is 6.29 Å². The van der Waals surface area contributed by atoms with E-state index in [1.807, 2.05) is 43.5 Å². The Morgan fingerprint density at radius 3 is 2.58 bits per heavy atom. The molecule has 190 valence electrons. The van der Waals surface area contributed by atoms with Crippen molar-refractivity contribution < 1.29 is 23.0 Å². The molecule has 36 heavy (non-hydrogen) atoms. The third kappa shape index (κ3) is 5.55. The van der Waals surface area contributed by atoms with Crippen molar-refractivity contribution in [2.75, 3.05) is 13.1 Å². The molecule has 1 amide bonds. The number of benzene rings is 2. The van der Waals surface area contributed by atoms with E-state index in [9.17, 15) is 13.6 Å². The van der Waals surface area contributed by atoms with Gasteiger partial charge < -0.3 is 19.3 Å². The highest BCUT2D eigenvalue weighted by molar-refractivity contribution is 5.96. The highest BCUT2D eigenvalue weighted by atomic mass is 19.3. The van der Waals surface area contributed by atoms with Gasteiger partial charge in [0.1, 0.15) is 0 Å². The van der Waals surface area contributed by atoms with E-state index in [0.717, 1.165) is 30.5 Å². The van der Waals surface area contributed by atoms with Gasteiger partial charge in [0, 0.05) is 36.6 Å². The molecule has 0 unspecified atom stereocenters. The molecule has 0 aromatic heterocycles. The first kappa shape index (κ1) is 24.3. The number of halogens is 2. The quantitative estimate of drug-likeness (QED) is 0.442. The molecule has 0 bridgehead atoms. The van der Waals surface area contributed by atoms with Crippen LogP contribution in [0.2, 0.25) is 0 Å². The van der Waals surface area contributed by atoms with E-state index in [-0.39, 0.29) is 23.0 Å². The monoisotopic (exact) mass is 494 g/mol. The van der Waals surface area contributed by atoms with Gasteiger partial charge in [-0.2, -0.15) is 0 Å². The molecule has 1 saturated heterocycles. The number of alkyl halides is 2. The van der Waals surface area contributed by atoms with E-state index < -0.39 is 6.29 Å². The summed E-state index contributed by atoms with van der Waals surface area (Å²) in [7, 11) is 0. The Balaban J connectivity index is 1.43. The summed E-state index contributed by atoms with van der Waals surface area (Å²) in [5.41, 5.74) is 3.53. The van der Waals surface area contributed by atoms with Gasteiger partial charge in [0.2, 0.25) is 0 Å².